The normalized spacial score (nSPS) is 30.6. The van der Waals surface area contributed by atoms with E-state index in [1.54, 1.807) is 0 Å². The Kier molecular flexibility index (Phi) is 4.33. The van der Waals surface area contributed by atoms with Crippen molar-refractivity contribution in [3.05, 3.63) is 23.4 Å². The molecular formula is C21H29IN3O2-. The maximum absolute atomic E-state index is 12.2. The van der Waals surface area contributed by atoms with E-state index in [-0.39, 0.29) is 27.3 Å². The quantitative estimate of drug-likeness (QED) is 0.449. The first-order valence-corrected chi connectivity index (χ1v) is 13.0. The number of fused-ring (bicyclic) bond motifs is 3. The molecule has 5 rings (SSSR count). The van der Waals surface area contributed by atoms with E-state index >= 15 is 0 Å². The number of aromatic nitrogens is 1. The van der Waals surface area contributed by atoms with Gasteiger partial charge in [-0.25, -0.2) is 0 Å². The minimum absolute atomic E-state index is 0.0919. The standard InChI is InChI=1S/C21H29IN3O2/c1-21(2,3)27-20(26)24-9-7-13(11-24)22-8-6-14-4-5-15-16-10-18-17(16)12-25(18)19(15)23-14/h4-5,13,16-18H,6-12H2,1-3H3/q-1/t13?,16-,17?,18-/m0/s1. The van der Waals surface area contributed by atoms with Crippen LogP contribution in [0.15, 0.2) is 12.1 Å². The van der Waals surface area contributed by atoms with Crippen molar-refractivity contribution in [3.63, 3.8) is 0 Å². The number of carbonyl (C=O) groups is 1. The molecule has 5 nitrogen and oxygen atoms in total. The second-order valence-electron chi connectivity index (χ2n) is 9.35. The molecule has 4 atom stereocenters. The fourth-order valence-electron chi connectivity index (χ4n) is 4.91. The van der Waals surface area contributed by atoms with Crippen molar-refractivity contribution in [2.75, 3.05) is 29.0 Å². The van der Waals surface area contributed by atoms with Crippen LogP contribution in [0, 0.1) is 5.92 Å². The number of likely N-dealkylation sites (tertiary alicyclic amines) is 1. The number of alkyl halides is 2. The number of ether oxygens (including phenoxy) is 1. The first-order chi connectivity index (χ1) is 12.9. The molecule has 0 radical (unpaired) electrons. The Bertz CT molecular complexity index is 762. The molecule has 1 aliphatic carbocycles. The van der Waals surface area contributed by atoms with Gasteiger partial charge >= 0.3 is 172 Å². The van der Waals surface area contributed by atoms with Gasteiger partial charge in [-0.05, 0) is 0 Å². The van der Waals surface area contributed by atoms with E-state index in [4.69, 9.17) is 9.72 Å². The minimum atomic E-state index is -0.403. The number of aryl methyl sites for hydroxylation is 1. The number of carbonyl (C=O) groups excluding carboxylic acids is 1. The van der Waals surface area contributed by atoms with Crippen LogP contribution in [0.4, 0.5) is 10.6 Å². The molecule has 1 saturated carbocycles. The molecule has 0 spiro atoms. The summed E-state index contributed by atoms with van der Waals surface area (Å²) in [5, 5.41) is 0. The average Bonchev–Trinajstić information content (AvgIpc) is 3.06. The van der Waals surface area contributed by atoms with E-state index in [1.807, 2.05) is 25.7 Å². The Labute approximate surface area is 172 Å². The molecule has 3 aliphatic heterocycles. The zero-order valence-corrected chi connectivity index (χ0v) is 18.6. The first-order valence-electron chi connectivity index (χ1n) is 10.2. The van der Waals surface area contributed by atoms with Crippen LogP contribution in [0.1, 0.15) is 50.8 Å². The molecule has 0 aromatic carbocycles. The van der Waals surface area contributed by atoms with Gasteiger partial charge in [0, 0.05) is 0 Å². The van der Waals surface area contributed by atoms with E-state index in [0.29, 0.717) is 3.92 Å². The van der Waals surface area contributed by atoms with Crippen LogP contribution >= 0.6 is 0 Å². The molecule has 0 N–H and O–H groups in total. The third-order valence-corrected chi connectivity index (χ3v) is 9.83. The van der Waals surface area contributed by atoms with E-state index in [9.17, 15) is 4.79 Å². The molecule has 2 saturated heterocycles. The van der Waals surface area contributed by atoms with Gasteiger partial charge in [0.25, 0.3) is 0 Å². The Morgan fingerprint density at radius 2 is 2.19 bits per heavy atom. The number of hydrogen-bond acceptors (Lipinski definition) is 4. The number of rotatable bonds is 4. The molecule has 2 unspecified atom stereocenters. The Morgan fingerprint density at radius 3 is 2.93 bits per heavy atom. The van der Waals surface area contributed by atoms with E-state index in [1.165, 1.54) is 34.5 Å². The van der Waals surface area contributed by atoms with Crippen LogP contribution in [0.25, 0.3) is 0 Å². The number of halogens is 1. The van der Waals surface area contributed by atoms with Gasteiger partial charge in [0.2, 0.25) is 0 Å². The summed E-state index contributed by atoms with van der Waals surface area (Å²) in [5.41, 5.74) is 2.37. The van der Waals surface area contributed by atoms with Crippen LogP contribution < -0.4 is 26.1 Å². The number of pyridine rings is 1. The van der Waals surface area contributed by atoms with Crippen molar-refractivity contribution in [3.8, 4) is 0 Å². The van der Waals surface area contributed by atoms with Gasteiger partial charge in [-0.15, -0.1) is 0 Å². The fourth-order valence-corrected chi connectivity index (χ4v) is 8.13. The van der Waals surface area contributed by atoms with E-state index in [0.717, 1.165) is 43.8 Å². The molecule has 4 bridgehead atoms. The zero-order valence-electron chi connectivity index (χ0n) is 16.4. The Balaban J connectivity index is 1.11. The summed E-state index contributed by atoms with van der Waals surface area (Å²) < 4.78 is 7.47. The van der Waals surface area contributed by atoms with Crippen molar-refractivity contribution in [2.45, 2.75) is 61.5 Å². The zero-order chi connectivity index (χ0) is 18.8. The third kappa shape index (κ3) is 3.21. The van der Waals surface area contributed by atoms with Crippen molar-refractivity contribution >= 4 is 11.9 Å². The fraction of sp³-hybridized carbons (Fsp3) is 0.714. The molecule has 148 valence electrons. The number of piperidine rings is 1. The topological polar surface area (TPSA) is 45.7 Å². The van der Waals surface area contributed by atoms with Gasteiger partial charge in [-0.3, -0.25) is 0 Å². The summed E-state index contributed by atoms with van der Waals surface area (Å²) in [6, 6.07) is 5.44. The van der Waals surface area contributed by atoms with Crippen molar-refractivity contribution in [2.24, 2.45) is 5.92 Å². The van der Waals surface area contributed by atoms with Gasteiger partial charge in [0.05, 0.1) is 0 Å². The predicted octanol–water partition coefficient (Wildman–Crippen LogP) is 0.0282. The SMILES string of the molecule is CC(C)(C)OC(=O)N1CCC([I-]CCc2ccc3c(n2)N2CC4[C@H]3C[C@@H]42)C1. The summed E-state index contributed by atoms with van der Waals surface area (Å²) in [5.74, 6) is 3.04. The third-order valence-electron chi connectivity index (χ3n) is 6.41. The second-order valence-corrected chi connectivity index (χ2v) is 13.1. The molecule has 1 amide bonds. The maximum atomic E-state index is 12.2. The molecule has 6 heteroatoms. The van der Waals surface area contributed by atoms with Gasteiger partial charge < -0.3 is 0 Å². The molecule has 4 aliphatic rings. The van der Waals surface area contributed by atoms with Crippen LogP contribution in [-0.4, -0.2) is 55.6 Å². The number of anilines is 1. The molecule has 1 aromatic heterocycles. The summed E-state index contributed by atoms with van der Waals surface area (Å²) in [6.07, 6.45) is 3.45. The van der Waals surface area contributed by atoms with Crippen LogP contribution in [0.3, 0.4) is 0 Å². The van der Waals surface area contributed by atoms with Crippen molar-refractivity contribution in [1.82, 2.24) is 9.88 Å². The summed E-state index contributed by atoms with van der Waals surface area (Å²) in [6.45, 7) is 8.78. The van der Waals surface area contributed by atoms with Crippen LogP contribution in [-0.2, 0) is 11.2 Å². The Hall–Kier alpha value is -1.05. The number of amides is 1. The van der Waals surface area contributed by atoms with E-state index in [2.05, 4.69) is 17.0 Å². The average molecular weight is 482 g/mol. The first kappa shape index (κ1) is 18.0. The Morgan fingerprint density at radius 1 is 1.33 bits per heavy atom. The van der Waals surface area contributed by atoms with Gasteiger partial charge in [-0.1, -0.05) is 0 Å². The summed E-state index contributed by atoms with van der Waals surface area (Å²) >= 11 is 0.0919. The summed E-state index contributed by atoms with van der Waals surface area (Å²) in [4.78, 5) is 21.7. The predicted molar refractivity (Wildman–Crippen MR) is 101 cm³/mol. The molecular weight excluding hydrogens is 453 g/mol. The molecule has 4 heterocycles. The number of hydrogen-bond donors (Lipinski definition) is 0. The second kappa shape index (κ2) is 6.49. The van der Waals surface area contributed by atoms with Gasteiger partial charge in [0.15, 0.2) is 0 Å². The van der Waals surface area contributed by atoms with Gasteiger partial charge in [-0.2, -0.15) is 0 Å². The number of nitrogens with zero attached hydrogens (tertiary/aromatic N) is 3. The molecule has 1 aromatic rings. The van der Waals surface area contributed by atoms with E-state index < -0.39 is 5.60 Å². The molecule has 27 heavy (non-hydrogen) atoms. The monoisotopic (exact) mass is 482 g/mol. The van der Waals surface area contributed by atoms with Gasteiger partial charge in [0.1, 0.15) is 0 Å². The van der Waals surface area contributed by atoms with Crippen LogP contribution in [0.5, 0.6) is 0 Å². The van der Waals surface area contributed by atoms with Crippen molar-refractivity contribution < 1.29 is 30.7 Å². The summed E-state index contributed by atoms with van der Waals surface area (Å²) in [7, 11) is 0. The van der Waals surface area contributed by atoms with Crippen LogP contribution in [0.2, 0.25) is 0 Å². The van der Waals surface area contributed by atoms with Crippen molar-refractivity contribution in [1.29, 1.82) is 0 Å². The molecule has 3 fully saturated rings.